The SMILES string of the molecule is COc1cc(F)c(C2(CC(=O)O)CC2)c(OC)c1. The third kappa shape index (κ3) is 2.12. The van der Waals surface area contributed by atoms with E-state index in [4.69, 9.17) is 14.6 Å². The van der Waals surface area contributed by atoms with E-state index in [1.165, 1.54) is 20.3 Å². The quantitative estimate of drug-likeness (QED) is 0.876. The zero-order valence-electron chi connectivity index (χ0n) is 10.3. The molecule has 2 rings (SSSR count). The van der Waals surface area contributed by atoms with Gasteiger partial charge in [0.15, 0.2) is 0 Å². The molecule has 1 aromatic rings. The second-order valence-corrected chi connectivity index (χ2v) is 4.54. The van der Waals surface area contributed by atoms with Crippen molar-refractivity contribution in [2.45, 2.75) is 24.7 Å². The van der Waals surface area contributed by atoms with Crippen LogP contribution in [0, 0.1) is 5.82 Å². The Kier molecular flexibility index (Phi) is 3.15. The molecule has 4 nitrogen and oxygen atoms in total. The highest BCUT2D eigenvalue weighted by atomic mass is 19.1. The maximum Gasteiger partial charge on any atom is 0.304 e. The highest BCUT2D eigenvalue weighted by molar-refractivity contribution is 5.71. The first-order chi connectivity index (χ1) is 8.52. The second kappa shape index (κ2) is 4.48. The maximum atomic E-state index is 14.1. The molecule has 1 fully saturated rings. The third-order valence-corrected chi connectivity index (χ3v) is 3.36. The molecule has 98 valence electrons. The van der Waals surface area contributed by atoms with Crippen molar-refractivity contribution >= 4 is 5.97 Å². The zero-order chi connectivity index (χ0) is 13.3. The molecule has 0 aliphatic heterocycles. The predicted molar refractivity (Wildman–Crippen MR) is 62.7 cm³/mol. The lowest BCUT2D eigenvalue weighted by Gasteiger charge is -2.18. The van der Waals surface area contributed by atoms with Gasteiger partial charge in [-0.2, -0.15) is 0 Å². The summed E-state index contributed by atoms with van der Waals surface area (Å²) in [6.45, 7) is 0. The van der Waals surface area contributed by atoms with Gasteiger partial charge in [0.05, 0.1) is 20.6 Å². The largest absolute Gasteiger partial charge is 0.497 e. The van der Waals surface area contributed by atoms with E-state index in [1.807, 2.05) is 0 Å². The monoisotopic (exact) mass is 254 g/mol. The normalized spacial score (nSPS) is 16.2. The molecule has 0 radical (unpaired) electrons. The van der Waals surface area contributed by atoms with Crippen LogP contribution in [-0.4, -0.2) is 25.3 Å². The molecule has 0 saturated heterocycles. The minimum Gasteiger partial charge on any atom is -0.497 e. The first-order valence-electron chi connectivity index (χ1n) is 5.66. The van der Waals surface area contributed by atoms with E-state index in [2.05, 4.69) is 0 Å². The van der Waals surface area contributed by atoms with Crippen LogP contribution in [0.3, 0.4) is 0 Å². The van der Waals surface area contributed by atoms with Gasteiger partial charge in [-0.1, -0.05) is 0 Å². The minimum absolute atomic E-state index is 0.0768. The van der Waals surface area contributed by atoms with Crippen LogP contribution in [0.1, 0.15) is 24.8 Å². The standard InChI is InChI=1S/C13H15FO4/c1-17-8-5-9(14)12(10(6-8)18-2)13(3-4-13)7-11(15)16/h5-6H,3-4,7H2,1-2H3,(H,15,16). The summed E-state index contributed by atoms with van der Waals surface area (Å²) in [4.78, 5) is 10.9. The van der Waals surface area contributed by atoms with E-state index in [9.17, 15) is 9.18 Å². The molecule has 1 aliphatic rings. The lowest BCUT2D eigenvalue weighted by molar-refractivity contribution is -0.137. The summed E-state index contributed by atoms with van der Waals surface area (Å²) >= 11 is 0. The summed E-state index contributed by atoms with van der Waals surface area (Å²) in [6.07, 6.45) is 1.25. The van der Waals surface area contributed by atoms with Crippen LogP contribution >= 0.6 is 0 Å². The van der Waals surface area contributed by atoms with E-state index < -0.39 is 17.2 Å². The Morgan fingerprint density at radius 2 is 2.06 bits per heavy atom. The van der Waals surface area contributed by atoms with Gasteiger partial charge in [0.25, 0.3) is 0 Å². The molecular weight excluding hydrogens is 239 g/mol. The summed E-state index contributed by atoms with van der Waals surface area (Å²) in [5.74, 6) is -0.681. The third-order valence-electron chi connectivity index (χ3n) is 3.36. The number of carbonyl (C=O) groups is 1. The summed E-state index contributed by atoms with van der Waals surface area (Å²) in [7, 11) is 2.88. The zero-order valence-corrected chi connectivity index (χ0v) is 10.3. The number of methoxy groups -OCH3 is 2. The smallest absolute Gasteiger partial charge is 0.304 e. The fourth-order valence-electron chi connectivity index (χ4n) is 2.31. The Hall–Kier alpha value is -1.78. The molecule has 1 aliphatic carbocycles. The lowest BCUT2D eigenvalue weighted by atomic mass is 9.91. The van der Waals surface area contributed by atoms with Crippen molar-refractivity contribution in [3.8, 4) is 11.5 Å². The average Bonchev–Trinajstić information content (AvgIpc) is 3.07. The van der Waals surface area contributed by atoms with E-state index in [1.54, 1.807) is 6.07 Å². The van der Waals surface area contributed by atoms with Gasteiger partial charge in [-0.15, -0.1) is 0 Å². The van der Waals surface area contributed by atoms with Crippen LogP contribution in [0.5, 0.6) is 11.5 Å². The first kappa shape index (κ1) is 12.7. The Bertz CT molecular complexity index is 480. The van der Waals surface area contributed by atoms with Crippen molar-refractivity contribution in [2.75, 3.05) is 14.2 Å². The van der Waals surface area contributed by atoms with Crippen LogP contribution in [0.25, 0.3) is 0 Å². The Balaban J connectivity index is 2.47. The molecule has 0 spiro atoms. The van der Waals surface area contributed by atoms with Crippen LogP contribution in [-0.2, 0) is 10.2 Å². The highest BCUT2D eigenvalue weighted by Crippen LogP contribution is 2.55. The average molecular weight is 254 g/mol. The maximum absolute atomic E-state index is 14.1. The number of benzene rings is 1. The molecule has 0 bridgehead atoms. The molecule has 1 aromatic carbocycles. The number of carboxylic acid groups (broad SMARTS) is 1. The predicted octanol–water partition coefficient (Wildman–Crippen LogP) is 2.35. The summed E-state index contributed by atoms with van der Waals surface area (Å²) in [6, 6.07) is 2.85. The van der Waals surface area contributed by atoms with Crippen LogP contribution in [0.4, 0.5) is 4.39 Å². The van der Waals surface area contributed by atoms with Gasteiger partial charge in [-0.25, -0.2) is 4.39 Å². The molecule has 1 saturated carbocycles. The molecule has 0 amide bonds. The molecule has 0 atom stereocenters. The minimum atomic E-state index is -0.926. The van der Waals surface area contributed by atoms with Crippen LogP contribution in [0.15, 0.2) is 12.1 Å². The van der Waals surface area contributed by atoms with Crippen LogP contribution < -0.4 is 9.47 Å². The van der Waals surface area contributed by atoms with Gasteiger partial charge in [0.2, 0.25) is 0 Å². The summed E-state index contributed by atoms with van der Waals surface area (Å²) < 4.78 is 24.3. The van der Waals surface area contributed by atoms with Crippen molar-refractivity contribution in [3.63, 3.8) is 0 Å². The number of hydrogen-bond donors (Lipinski definition) is 1. The number of rotatable bonds is 5. The molecule has 0 heterocycles. The van der Waals surface area contributed by atoms with Gasteiger partial charge in [-0.3, -0.25) is 4.79 Å². The summed E-state index contributed by atoms with van der Waals surface area (Å²) in [5, 5.41) is 8.92. The van der Waals surface area contributed by atoms with Gasteiger partial charge in [0.1, 0.15) is 17.3 Å². The number of carboxylic acids is 1. The Labute approximate surface area is 104 Å². The van der Waals surface area contributed by atoms with Gasteiger partial charge >= 0.3 is 5.97 Å². The fraction of sp³-hybridized carbons (Fsp3) is 0.462. The van der Waals surface area contributed by atoms with Crippen LogP contribution in [0.2, 0.25) is 0 Å². The van der Waals surface area contributed by atoms with Crippen molar-refractivity contribution < 1.29 is 23.8 Å². The molecule has 0 aromatic heterocycles. The fourth-order valence-corrected chi connectivity index (χ4v) is 2.31. The summed E-state index contributed by atoms with van der Waals surface area (Å²) in [5.41, 5.74) is -0.263. The number of aliphatic carboxylic acids is 1. The number of ether oxygens (including phenoxy) is 2. The van der Waals surface area contributed by atoms with Crippen molar-refractivity contribution in [1.29, 1.82) is 0 Å². The van der Waals surface area contributed by atoms with E-state index in [0.29, 0.717) is 29.9 Å². The van der Waals surface area contributed by atoms with Crippen molar-refractivity contribution in [3.05, 3.63) is 23.5 Å². The highest BCUT2D eigenvalue weighted by Gasteiger charge is 2.49. The van der Waals surface area contributed by atoms with E-state index in [0.717, 1.165) is 0 Å². The van der Waals surface area contributed by atoms with E-state index in [-0.39, 0.29) is 6.42 Å². The van der Waals surface area contributed by atoms with E-state index >= 15 is 0 Å². The number of hydrogen-bond acceptors (Lipinski definition) is 3. The van der Waals surface area contributed by atoms with Gasteiger partial charge in [-0.05, 0) is 12.8 Å². The van der Waals surface area contributed by atoms with Crippen molar-refractivity contribution in [2.24, 2.45) is 0 Å². The van der Waals surface area contributed by atoms with Crippen molar-refractivity contribution in [1.82, 2.24) is 0 Å². The second-order valence-electron chi connectivity index (χ2n) is 4.54. The molecule has 0 unspecified atom stereocenters. The van der Waals surface area contributed by atoms with Gasteiger partial charge in [0, 0.05) is 23.1 Å². The Morgan fingerprint density at radius 1 is 1.39 bits per heavy atom. The lowest BCUT2D eigenvalue weighted by Crippen LogP contribution is -2.16. The van der Waals surface area contributed by atoms with Gasteiger partial charge < -0.3 is 14.6 Å². The molecule has 5 heteroatoms. The topological polar surface area (TPSA) is 55.8 Å². The molecule has 1 N–H and O–H groups in total. The number of halogens is 1. The first-order valence-corrected chi connectivity index (χ1v) is 5.66. The molecule has 18 heavy (non-hydrogen) atoms. The molecular formula is C13H15FO4. The Morgan fingerprint density at radius 3 is 2.50 bits per heavy atom.